The third kappa shape index (κ3) is 3.82. The number of primary sulfonamides is 1. The van der Waals surface area contributed by atoms with Gasteiger partial charge in [0, 0.05) is 5.56 Å². The molecule has 3 N–H and O–H groups in total. The molecule has 0 unspecified atom stereocenters. The lowest BCUT2D eigenvalue weighted by atomic mass is 10.2. The van der Waals surface area contributed by atoms with Gasteiger partial charge in [-0.1, -0.05) is 0 Å². The van der Waals surface area contributed by atoms with Crippen molar-refractivity contribution in [2.75, 3.05) is 12.4 Å². The Balaban J connectivity index is 2.37. The summed E-state index contributed by atoms with van der Waals surface area (Å²) in [7, 11) is -2.66. The van der Waals surface area contributed by atoms with Crippen LogP contribution >= 0.6 is 0 Å². The van der Waals surface area contributed by atoms with Crippen molar-refractivity contribution in [3.63, 3.8) is 0 Å². The van der Waals surface area contributed by atoms with Crippen LogP contribution in [-0.2, 0) is 10.0 Å². The fourth-order valence-electron chi connectivity index (χ4n) is 1.79. The van der Waals surface area contributed by atoms with Crippen LogP contribution in [0, 0.1) is 11.6 Å². The molecule has 0 aliphatic carbocycles. The van der Waals surface area contributed by atoms with Crippen molar-refractivity contribution in [2.45, 2.75) is 4.90 Å². The van der Waals surface area contributed by atoms with Crippen molar-refractivity contribution in [3.8, 4) is 5.75 Å². The number of anilines is 1. The summed E-state index contributed by atoms with van der Waals surface area (Å²) in [4.78, 5) is 11.8. The van der Waals surface area contributed by atoms with Crippen molar-refractivity contribution in [1.29, 1.82) is 0 Å². The van der Waals surface area contributed by atoms with Gasteiger partial charge in [-0.15, -0.1) is 0 Å². The molecule has 2 aromatic carbocycles. The molecule has 0 bridgehead atoms. The average Bonchev–Trinajstić information content (AvgIpc) is 2.49. The molecule has 0 heterocycles. The summed E-state index contributed by atoms with van der Waals surface area (Å²) in [5.41, 5.74) is -0.124. The minimum Gasteiger partial charge on any atom is -0.495 e. The predicted molar refractivity (Wildman–Crippen MR) is 78.7 cm³/mol. The molecule has 6 nitrogen and oxygen atoms in total. The van der Waals surface area contributed by atoms with E-state index in [1.807, 2.05) is 0 Å². The number of methoxy groups -OCH3 is 1. The highest BCUT2D eigenvalue weighted by Gasteiger charge is 2.16. The molecule has 0 spiro atoms. The second-order valence-corrected chi connectivity index (χ2v) is 6.05. The SMILES string of the molecule is COc1ccc(S(N)(=O)=O)cc1NC(=O)c1ccc(F)c(F)c1. The first kappa shape index (κ1) is 16.8. The van der Waals surface area contributed by atoms with Crippen LogP contribution in [0.2, 0.25) is 0 Å². The summed E-state index contributed by atoms with van der Waals surface area (Å²) >= 11 is 0. The zero-order chi connectivity index (χ0) is 17.2. The van der Waals surface area contributed by atoms with Crippen LogP contribution in [0.3, 0.4) is 0 Å². The van der Waals surface area contributed by atoms with Crippen LogP contribution in [0.25, 0.3) is 0 Å². The Hall–Kier alpha value is -2.52. The molecule has 0 aromatic heterocycles. The summed E-state index contributed by atoms with van der Waals surface area (Å²) in [6.07, 6.45) is 0. The molecular weight excluding hydrogens is 330 g/mol. The van der Waals surface area contributed by atoms with E-state index in [1.165, 1.54) is 19.2 Å². The number of halogens is 2. The molecule has 0 aliphatic heterocycles. The number of carbonyl (C=O) groups excluding carboxylic acids is 1. The molecule has 122 valence electrons. The van der Waals surface area contributed by atoms with Gasteiger partial charge in [-0.05, 0) is 36.4 Å². The fourth-order valence-corrected chi connectivity index (χ4v) is 2.33. The largest absolute Gasteiger partial charge is 0.495 e. The lowest BCUT2D eigenvalue weighted by molar-refractivity contribution is 0.102. The van der Waals surface area contributed by atoms with Gasteiger partial charge < -0.3 is 10.1 Å². The summed E-state index contributed by atoms with van der Waals surface area (Å²) in [5.74, 6) is -2.86. The molecule has 0 fully saturated rings. The van der Waals surface area contributed by atoms with Crippen LogP contribution in [-0.4, -0.2) is 21.4 Å². The Morgan fingerprint density at radius 1 is 1.13 bits per heavy atom. The van der Waals surface area contributed by atoms with Gasteiger partial charge in [-0.2, -0.15) is 0 Å². The molecule has 2 rings (SSSR count). The zero-order valence-electron chi connectivity index (χ0n) is 11.8. The van der Waals surface area contributed by atoms with E-state index in [2.05, 4.69) is 5.32 Å². The Kier molecular flexibility index (Phi) is 4.62. The maximum absolute atomic E-state index is 13.2. The minimum atomic E-state index is -3.98. The number of rotatable bonds is 4. The number of nitrogens with one attached hydrogen (secondary N) is 1. The van der Waals surface area contributed by atoms with Crippen LogP contribution in [0.1, 0.15) is 10.4 Å². The topological polar surface area (TPSA) is 98.5 Å². The molecule has 2 aromatic rings. The molecule has 9 heteroatoms. The number of benzene rings is 2. The second-order valence-electron chi connectivity index (χ2n) is 4.49. The molecule has 0 aliphatic rings. The van der Waals surface area contributed by atoms with Gasteiger partial charge >= 0.3 is 0 Å². The van der Waals surface area contributed by atoms with E-state index >= 15 is 0 Å². The normalized spacial score (nSPS) is 11.1. The van der Waals surface area contributed by atoms with Gasteiger partial charge in [0.25, 0.3) is 5.91 Å². The van der Waals surface area contributed by atoms with Crippen LogP contribution in [0.5, 0.6) is 5.75 Å². The molecule has 1 amide bonds. The number of hydrogen-bond donors (Lipinski definition) is 2. The van der Waals surface area contributed by atoms with Crippen LogP contribution in [0.15, 0.2) is 41.3 Å². The van der Waals surface area contributed by atoms with E-state index in [0.29, 0.717) is 0 Å². The lowest BCUT2D eigenvalue weighted by Crippen LogP contribution is -2.16. The monoisotopic (exact) mass is 342 g/mol. The molecule has 0 radical (unpaired) electrons. The van der Waals surface area contributed by atoms with E-state index in [9.17, 15) is 22.0 Å². The first-order valence-corrected chi connectivity index (χ1v) is 7.74. The molecular formula is C14H12F2N2O4S. The Bertz CT molecular complexity index is 869. The van der Waals surface area contributed by atoms with Gasteiger partial charge in [0.2, 0.25) is 10.0 Å². The standard InChI is InChI=1S/C14H12F2N2O4S/c1-22-13-5-3-9(23(17,20)21)7-12(13)18-14(19)8-2-4-10(15)11(16)6-8/h2-7H,1H3,(H,18,19)(H2,17,20,21). The van der Waals surface area contributed by atoms with Gasteiger partial charge in [-0.3, -0.25) is 4.79 Å². The third-order valence-electron chi connectivity index (χ3n) is 2.93. The Morgan fingerprint density at radius 2 is 1.83 bits per heavy atom. The van der Waals surface area contributed by atoms with Crippen LogP contribution < -0.4 is 15.2 Å². The number of hydrogen-bond acceptors (Lipinski definition) is 4. The Labute approximate surface area is 130 Å². The van der Waals surface area contributed by atoms with Crippen molar-refractivity contribution >= 4 is 21.6 Å². The summed E-state index contributed by atoms with van der Waals surface area (Å²) in [6, 6.07) is 6.24. The number of nitrogens with two attached hydrogens (primary N) is 1. The summed E-state index contributed by atoms with van der Waals surface area (Å²) in [6.45, 7) is 0. The molecule has 0 saturated heterocycles. The van der Waals surface area contributed by atoms with Crippen molar-refractivity contribution in [3.05, 3.63) is 53.6 Å². The molecule has 0 atom stereocenters. The first-order valence-electron chi connectivity index (χ1n) is 6.19. The highest BCUT2D eigenvalue weighted by Crippen LogP contribution is 2.27. The van der Waals surface area contributed by atoms with E-state index in [4.69, 9.17) is 9.88 Å². The van der Waals surface area contributed by atoms with Crippen molar-refractivity contribution < 1.29 is 26.7 Å². The first-order chi connectivity index (χ1) is 10.7. The quantitative estimate of drug-likeness (QED) is 0.886. The number of ether oxygens (including phenoxy) is 1. The fraction of sp³-hybridized carbons (Fsp3) is 0.0714. The maximum atomic E-state index is 13.2. The Morgan fingerprint density at radius 3 is 2.39 bits per heavy atom. The highest BCUT2D eigenvalue weighted by atomic mass is 32.2. The van der Waals surface area contributed by atoms with E-state index in [1.54, 1.807) is 0 Å². The van der Waals surface area contributed by atoms with Crippen LogP contribution in [0.4, 0.5) is 14.5 Å². The lowest BCUT2D eigenvalue weighted by Gasteiger charge is -2.11. The van der Waals surface area contributed by atoms with Gasteiger partial charge in [-0.25, -0.2) is 22.3 Å². The number of amides is 1. The number of sulfonamides is 1. The molecule has 23 heavy (non-hydrogen) atoms. The van der Waals surface area contributed by atoms with Gasteiger partial charge in [0.1, 0.15) is 5.75 Å². The third-order valence-corrected chi connectivity index (χ3v) is 3.84. The average molecular weight is 342 g/mol. The van der Waals surface area contributed by atoms with Gasteiger partial charge in [0.05, 0.1) is 17.7 Å². The minimum absolute atomic E-state index is 0.0220. The summed E-state index contributed by atoms with van der Waals surface area (Å²) < 4.78 is 53.8. The van der Waals surface area contributed by atoms with E-state index in [0.717, 1.165) is 24.3 Å². The maximum Gasteiger partial charge on any atom is 0.255 e. The number of carbonyl (C=O) groups is 1. The van der Waals surface area contributed by atoms with E-state index in [-0.39, 0.29) is 21.9 Å². The zero-order valence-corrected chi connectivity index (χ0v) is 12.7. The van der Waals surface area contributed by atoms with Gasteiger partial charge in [0.15, 0.2) is 11.6 Å². The predicted octanol–water partition coefficient (Wildman–Crippen LogP) is 1.87. The van der Waals surface area contributed by atoms with Crippen molar-refractivity contribution in [2.24, 2.45) is 5.14 Å². The van der Waals surface area contributed by atoms with E-state index < -0.39 is 27.6 Å². The van der Waals surface area contributed by atoms with Crippen molar-refractivity contribution in [1.82, 2.24) is 0 Å². The second kappa shape index (κ2) is 6.31. The summed E-state index contributed by atoms with van der Waals surface area (Å²) in [5, 5.41) is 7.39. The molecule has 0 saturated carbocycles. The smallest absolute Gasteiger partial charge is 0.255 e. The highest BCUT2D eigenvalue weighted by molar-refractivity contribution is 7.89.